The molecule has 0 unspecified atom stereocenters. The van der Waals surface area contributed by atoms with Crippen LogP contribution in [0.3, 0.4) is 0 Å². The van der Waals surface area contributed by atoms with Crippen molar-refractivity contribution in [2.24, 2.45) is 7.05 Å². The van der Waals surface area contributed by atoms with Crippen LogP contribution in [0.15, 0.2) is 72.9 Å². The van der Waals surface area contributed by atoms with Crippen molar-refractivity contribution in [3.05, 3.63) is 95.2 Å². The van der Waals surface area contributed by atoms with Crippen LogP contribution in [0.5, 0.6) is 0 Å². The van der Waals surface area contributed by atoms with E-state index in [4.69, 9.17) is 4.74 Å². The van der Waals surface area contributed by atoms with Gasteiger partial charge in [-0.1, -0.05) is 66.4 Å². The summed E-state index contributed by atoms with van der Waals surface area (Å²) in [5.41, 5.74) is 2.38. The number of carboxylic acid groups (broad SMARTS) is 1. The van der Waals surface area contributed by atoms with Gasteiger partial charge in [-0.3, -0.25) is 14.8 Å². The molecule has 1 aromatic heterocycles. The number of carbonyl (C=O) groups is 2. The molecule has 35 heavy (non-hydrogen) atoms. The molecule has 1 aliphatic carbocycles. The maximum absolute atomic E-state index is 12.3. The van der Waals surface area contributed by atoms with Crippen LogP contribution in [-0.2, 0) is 28.6 Å². The minimum Gasteiger partial charge on any atom is -0.481 e. The second-order valence-electron chi connectivity index (χ2n) is 8.63. The van der Waals surface area contributed by atoms with Crippen molar-refractivity contribution in [3.63, 3.8) is 0 Å². The molecule has 7 heteroatoms. The molecule has 1 aliphatic rings. The second-order valence-corrected chi connectivity index (χ2v) is 8.63. The first-order chi connectivity index (χ1) is 16.9. The lowest BCUT2D eigenvalue weighted by Gasteiger charge is -2.11. The largest absolute Gasteiger partial charge is 0.481 e. The molecule has 0 aliphatic heterocycles. The van der Waals surface area contributed by atoms with E-state index in [1.165, 1.54) is 4.68 Å². The Morgan fingerprint density at radius 3 is 2.54 bits per heavy atom. The number of carboxylic acids is 1. The fraction of sp³-hybridized carbons (Fsp3) is 0.179. The van der Waals surface area contributed by atoms with Crippen LogP contribution in [-0.4, -0.2) is 26.9 Å². The molecule has 0 saturated heterocycles. The molecule has 0 radical (unpaired) electrons. The maximum atomic E-state index is 12.3. The van der Waals surface area contributed by atoms with Crippen LogP contribution < -0.4 is 5.32 Å². The molecule has 5 rings (SSSR count). The van der Waals surface area contributed by atoms with Crippen LogP contribution in [0, 0.1) is 11.8 Å². The summed E-state index contributed by atoms with van der Waals surface area (Å²) < 4.78 is 6.83. The molecule has 1 heterocycles. The van der Waals surface area contributed by atoms with Gasteiger partial charge in [0.1, 0.15) is 12.4 Å². The lowest BCUT2D eigenvalue weighted by molar-refractivity contribution is -0.140. The molecule has 4 aromatic rings. The normalized spacial score (nSPS) is 13.5. The molecule has 174 valence electrons. The Labute approximate surface area is 202 Å². The van der Waals surface area contributed by atoms with Gasteiger partial charge in [-0.05, 0) is 46.9 Å². The summed E-state index contributed by atoms with van der Waals surface area (Å²) in [4.78, 5) is 23.9. The van der Waals surface area contributed by atoms with E-state index in [1.54, 1.807) is 13.2 Å². The number of nitrogens with zero attached hydrogens (tertiary/aromatic N) is 2. The highest BCUT2D eigenvalue weighted by Crippen LogP contribution is 2.48. The van der Waals surface area contributed by atoms with Gasteiger partial charge in [0.15, 0.2) is 0 Å². The monoisotopic (exact) mass is 465 g/mol. The van der Waals surface area contributed by atoms with Crippen molar-refractivity contribution in [3.8, 4) is 11.8 Å². The molecule has 0 atom stereocenters. The zero-order chi connectivity index (χ0) is 24.4. The summed E-state index contributed by atoms with van der Waals surface area (Å²) >= 11 is 0. The van der Waals surface area contributed by atoms with E-state index in [0.717, 1.165) is 27.5 Å². The number of carbonyl (C=O) groups excluding carboxylic acids is 1. The lowest BCUT2D eigenvalue weighted by Crippen LogP contribution is -2.19. The number of nitrogens with one attached hydrogen (secondary N) is 1. The summed E-state index contributed by atoms with van der Waals surface area (Å²) in [6, 6.07) is 21.0. The maximum Gasteiger partial charge on any atom is 0.413 e. The number of aliphatic carboxylic acids is 1. The average molecular weight is 466 g/mol. The predicted molar refractivity (Wildman–Crippen MR) is 132 cm³/mol. The van der Waals surface area contributed by atoms with Crippen LogP contribution in [0.1, 0.15) is 35.1 Å². The second kappa shape index (κ2) is 8.99. The van der Waals surface area contributed by atoms with Crippen molar-refractivity contribution < 1.29 is 19.4 Å². The van der Waals surface area contributed by atoms with Gasteiger partial charge in [-0.25, -0.2) is 4.79 Å². The van der Waals surface area contributed by atoms with Gasteiger partial charge in [0.2, 0.25) is 0 Å². The molecule has 0 spiro atoms. The number of aromatic nitrogens is 2. The van der Waals surface area contributed by atoms with Crippen molar-refractivity contribution >= 4 is 28.7 Å². The molecule has 1 saturated carbocycles. The number of anilines is 1. The Morgan fingerprint density at radius 2 is 1.80 bits per heavy atom. The Morgan fingerprint density at radius 1 is 1.06 bits per heavy atom. The van der Waals surface area contributed by atoms with Crippen LogP contribution in [0.25, 0.3) is 10.8 Å². The van der Waals surface area contributed by atoms with Gasteiger partial charge in [0.25, 0.3) is 0 Å². The van der Waals surface area contributed by atoms with Crippen molar-refractivity contribution in [2.75, 3.05) is 5.32 Å². The fourth-order valence-corrected chi connectivity index (χ4v) is 4.04. The number of benzene rings is 3. The lowest BCUT2D eigenvalue weighted by atomic mass is 9.93. The third-order valence-corrected chi connectivity index (χ3v) is 6.27. The third kappa shape index (κ3) is 4.59. The summed E-state index contributed by atoms with van der Waals surface area (Å²) in [7, 11) is 1.72. The van der Waals surface area contributed by atoms with E-state index < -0.39 is 17.5 Å². The van der Waals surface area contributed by atoms with Gasteiger partial charge in [-0.15, -0.1) is 0 Å². The summed E-state index contributed by atoms with van der Waals surface area (Å²) in [5.74, 6) is 5.89. The Balaban J connectivity index is 1.31. The van der Waals surface area contributed by atoms with E-state index >= 15 is 0 Å². The Kier molecular flexibility index (Phi) is 5.71. The van der Waals surface area contributed by atoms with E-state index in [9.17, 15) is 14.7 Å². The highest BCUT2D eigenvalue weighted by Gasteiger charge is 2.51. The van der Waals surface area contributed by atoms with E-state index in [0.29, 0.717) is 24.2 Å². The van der Waals surface area contributed by atoms with E-state index in [-0.39, 0.29) is 6.61 Å². The number of hydrogen-bond acceptors (Lipinski definition) is 4. The molecule has 3 aromatic carbocycles. The van der Waals surface area contributed by atoms with Crippen molar-refractivity contribution in [1.29, 1.82) is 0 Å². The first-order valence-electron chi connectivity index (χ1n) is 11.2. The smallest absolute Gasteiger partial charge is 0.413 e. The average Bonchev–Trinajstić information content (AvgIpc) is 3.62. The summed E-state index contributed by atoms with van der Waals surface area (Å²) in [5, 5.41) is 18.4. The molecule has 1 fully saturated rings. The van der Waals surface area contributed by atoms with E-state index in [2.05, 4.69) is 22.3 Å². The van der Waals surface area contributed by atoms with Gasteiger partial charge in [0, 0.05) is 12.6 Å². The van der Waals surface area contributed by atoms with Crippen molar-refractivity contribution in [1.82, 2.24) is 9.78 Å². The van der Waals surface area contributed by atoms with Crippen LogP contribution >= 0.6 is 0 Å². The third-order valence-electron chi connectivity index (χ3n) is 6.27. The minimum atomic E-state index is -0.760. The highest BCUT2D eigenvalue weighted by atomic mass is 16.5. The zero-order valence-electron chi connectivity index (χ0n) is 19.1. The molecular formula is C28H23N3O4. The number of amides is 1. The fourth-order valence-electron chi connectivity index (χ4n) is 4.04. The Hall–Kier alpha value is -4.57. The van der Waals surface area contributed by atoms with Gasteiger partial charge >= 0.3 is 12.1 Å². The SMILES string of the molecule is Cn1ncc(C#Cc2ccc3cc(C4(C(=O)O)CC4)ccc3c2)c1NC(=O)OCc1ccccc1. The molecule has 1 amide bonds. The number of hydrogen-bond donors (Lipinski definition) is 2. The first kappa shape index (κ1) is 22.2. The molecule has 7 nitrogen and oxygen atoms in total. The van der Waals surface area contributed by atoms with Crippen molar-refractivity contribution in [2.45, 2.75) is 24.9 Å². The topological polar surface area (TPSA) is 93.5 Å². The summed E-state index contributed by atoms with van der Waals surface area (Å²) in [6.07, 6.45) is 2.36. The first-order valence-corrected chi connectivity index (χ1v) is 11.2. The highest BCUT2D eigenvalue weighted by molar-refractivity contribution is 5.90. The molecular weight excluding hydrogens is 442 g/mol. The van der Waals surface area contributed by atoms with Gasteiger partial charge in [-0.2, -0.15) is 5.10 Å². The van der Waals surface area contributed by atoms with Crippen LogP contribution in [0.2, 0.25) is 0 Å². The van der Waals surface area contributed by atoms with E-state index in [1.807, 2.05) is 66.7 Å². The Bertz CT molecular complexity index is 1490. The quantitative estimate of drug-likeness (QED) is 0.412. The standard InChI is InChI=1S/C28H23N3O4/c1-31-25(30-27(34)35-18-20-5-3-2-4-6-20)23(17-29-31)10-8-19-7-9-22-16-24(12-11-21(22)15-19)28(13-14-28)26(32)33/h2-7,9,11-12,15-17H,13-14,18H2,1H3,(H,30,34)(H,32,33). The van der Waals surface area contributed by atoms with Gasteiger partial charge < -0.3 is 9.84 Å². The number of aryl methyl sites for hydroxylation is 1. The minimum absolute atomic E-state index is 0.165. The van der Waals surface area contributed by atoms with Gasteiger partial charge in [0.05, 0.1) is 17.2 Å². The number of rotatable bonds is 5. The summed E-state index contributed by atoms with van der Waals surface area (Å²) in [6.45, 7) is 0.165. The molecule has 2 N–H and O–H groups in total. The number of fused-ring (bicyclic) bond motifs is 1. The molecule has 0 bridgehead atoms. The number of ether oxygens (including phenoxy) is 1. The zero-order valence-corrected chi connectivity index (χ0v) is 19.1. The van der Waals surface area contributed by atoms with Crippen LogP contribution in [0.4, 0.5) is 10.6 Å². The predicted octanol–water partition coefficient (Wildman–Crippen LogP) is 4.84.